The quantitative estimate of drug-likeness (QED) is 0.323. The van der Waals surface area contributed by atoms with Crippen LogP contribution in [-0.2, 0) is 25.0 Å². The number of sulfonamides is 1. The van der Waals surface area contributed by atoms with Gasteiger partial charge in [-0.15, -0.1) is 0 Å². The molecule has 4 heterocycles. The number of carbonyl (C=O) groups is 2. The molecule has 1 amide bonds. The summed E-state index contributed by atoms with van der Waals surface area (Å²) in [4.78, 5) is 32.6. The predicted octanol–water partition coefficient (Wildman–Crippen LogP) is 2.73. The number of aryl methyl sites for hydroxylation is 2. The number of aliphatic carboxylic acids is 1. The number of amides is 1. The lowest BCUT2D eigenvalue weighted by Crippen LogP contribution is -2.64. The summed E-state index contributed by atoms with van der Waals surface area (Å²) in [6, 6.07) is 7.55. The lowest BCUT2D eigenvalue weighted by molar-refractivity contribution is -0.149. The van der Waals surface area contributed by atoms with Gasteiger partial charge in [-0.1, -0.05) is 29.4 Å². The van der Waals surface area contributed by atoms with Crippen molar-refractivity contribution in [3.63, 3.8) is 0 Å². The maximum atomic E-state index is 12.6. The van der Waals surface area contributed by atoms with Crippen molar-refractivity contribution in [1.82, 2.24) is 19.4 Å². The summed E-state index contributed by atoms with van der Waals surface area (Å²) in [7, 11) is -3.57. The van der Waals surface area contributed by atoms with Crippen LogP contribution in [0.4, 0.5) is 10.5 Å². The zero-order chi connectivity index (χ0) is 28.8. The molecule has 1 aromatic carbocycles. The average Bonchev–Trinajstić information content (AvgIpc) is 3.50. The van der Waals surface area contributed by atoms with Gasteiger partial charge in [0.1, 0.15) is 11.8 Å². The van der Waals surface area contributed by atoms with Crippen LogP contribution >= 0.6 is 0 Å². The third-order valence-corrected chi connectivity index (χ3v) is 7.64. The number of nitrogens with zero attached hydrogens (tertiary/aromatic N) is 4. The first kappa shape index (κ1) is 26.9. The molecule has 0 bridgehead atoms. The molecule has 1 aliphatic heterocycles. The van der Waals surface area contributed by atoms with Gasteiger partial charge in [-0.25, -0.2) is 13.2 Å². The normalized spacial score (nSPS) is 15.6. The second-order valence-corrected chi connectivity index (χ2v) is 11.3. The van der Waals surface area contributed by atoms with Crippen LogP contribution in [0.15, 0.2) is 37.6 Å². The SMILES string of the molecule is Cc1ccccc1C(C)OC(=O)Nc1c(C#Cc2nc3oc(C4(C(=O)O)CN(S(C)(=O)=O)C4)nc3o2)noc1C. The van der Waals surface area contributed by atoms with E-state index in [-0.39, 0.29) is 47.7 Å². The Balaban J connectivity index is 1.31. The van der Waals surface area contributed by atoms with E-state index in [2.05, 4.69) is 32.3 Å². The highest BCUT2D eigenvalue weighted by molar-refractivity contribution is 7.88. The van der Waals surface area contributed by atoms with Crippen molar-refractivity contribution in [2.75, 3.05) is 24.7 Å². The van der Waals surface area contributed by atoms with E-state index < -0.39 is 33.6 Å². The summed E-state index contributed by atoms with van der Waals surface area (Å²) in [5.41, 5.74) is 0.264. The van der Waals surface area contributed by atoms with Crippen molar-refractivity contribution < 1.29 is 41.2 Å². The van der Waals surface area contributed by atoms with E-state index in [0.29, 0.717) is 5.76 Å². The standard InChI is InChI=1S/C25H23N5O9S/c1-13-7-5-6-8-16(13)14(2)36-24(33)27-19-15(3)39-29-17(19)9-10-18-26-20-21(37-18)28-22(38-20)25(23(31)32)11-30(12-25)40(4,34)35/h5-8,14H,11-12H2,1-4H3,(H,27,33)(H,31,32). The summed E-state index contributed by atoms with van der Waals surface area (Å²) in [5.74, 6) is 3.98. The Labute approximate surface area is 227 Å². The van der Waals surface area contributed by atoms with Crippen LogP contribution in [0.2, 0.25) is 0 Å². The number of benzene rings is 1. The van der Waals surface area contributed by atoms with Gasteiger partial charge in [-0.05, 0) is 37.8 Å². The molecule has 5 rings (SSSR count). The summed E-state index contributed by atoms with van der Waals surface area (Å²) in [6.07, 6.45) is -0.252. The second-order valence-electron chi connectivity index (χ2n) is 9.31. The van der Waals surface area contributed by atoms with E-state index in [0.717, 1.165) is 21.7 Å². The van der Waals surface area contributed by atoms with Crippen molar-refractivity contribution in [3.8, 4) is 11.8 Å². The van der Waals surface area contributed by atoms with Crippen molar-refractivity contribution in [2.24, 2.45) is 0 Å². The van der Waals surface area contributed by atoms with Crippen LogP contribution in [0.3, 0.4) is 0 Å². The fraction of sp³-hybridized carbons (Fsp3) is 0.320. The monoisotopic (exact) mass is 569 g/mol. The number of carboxylic acids is 1. The van der Waals surface area contributed by atoms with Crippen LogP contribution in [0.5, 0.6) is 0 Å². The van der Waals surface area contributed by atoms with Gasteiger partial charge in [0, 0.05) is 19.0 Å². The molecule has 3 aromatic heterocycles. The molecule has 1 atom stereocenters. The average molecular weight is 570 g/mol. The third-order valence-electron chi connectivity index (χ3n) is 6.44. The van der Waals surface area contributed by atoms with Gasteiger partial charge in [0.25, 0.3) is 17.3 Å². The smallest absolute Gasteiger partial charge is 0.412 e. The number of carboxylic acid groups (broad SMARTS) is 1. The molecule has 1 unspecified atom stereocenters. The van der Waals surface area contributed by atoms with E-state index in [1.165, 1.54) is 0 Å². The Morgan fingerprint density at radius 1 is 1.15 bits per heavy atom. The first-order chi connectivity index (χ1) is 18.9. The van der Waals surface area contributed by atoms with Gasteiger partial charge in [0.2, 0.25) is 15.9 Å². The Kier molecular flexibility index (Phi) is 6.60. The maximum absolute atomic E-state index is 12.6. The molecule has 0 spiro atoms. The van der Waals surface area contributed by atoms with Gasteiger partial charge in [0.15, 0.2) is 16.9 Å². The van der Waals surface area contributed by atoms with Gasteiger partial charge in [-0.3, -0.25) is 10.1 Å². The Bertz CT molecular complexity index is 1770. The van der Waals surface area contributed by atoms with E-state index in [1.54, 1.807) is 13.8 Å². The molecule has 1 aliphatic rings. The first-order valence-corrected chi connectivity index (χ1v) is 13.7. The number of ether oxygens (including phenoxy) is 1. The number of fused-ring (bicyclic) bond motifs is 1. The lowest BCUT2D eigenvalue weighted by atomic mass is 9.81. The molecule has 0 aliphatic carbocycles. The van der Waals surface area contributed by atoms with Crippen LogP contribution in [0, 0.1) is 25.7 Å². The predicted molar refractivity (Wildman–Crippen MR) is 137 cm³/mol. The number of carbonyl (C=O) groups excluding carboxylic acids is 1. The minimum absolute atomic E-state index is 0.0848. The summed E-state index contributed by atoms with van der Waals surface area (Å²) >= 11 is 0. The topological polar surface area (TPSA) is 191 Å². The zero-order valence-electron chi connectivity index (χ0n) is 21.7. The number of hydrogen-bond donors (Lipinski definition) is 2. The van der Waals surface area contributed by atoms with E-state index >= 15 is 0 Å². The van der Waals surface area contributed by atoms with Crippen molar-refractivity contribution in [3.05, 3.63) is 58.6 Å². The number of nitrogens with one attached hydrogen (secondary N) is 1. The molecule has 208 valence electrons. The Morgan fingerprint density at radius 2 is 1.85 bits per heavy atom. The molecule has 2 N–H and O–H groups in total. The summed E-state index contributed by atoms with van der Waals surface area (Å²) < 4.78 is 46.0. The fourth-order valence-corrected chi connectivity index (χ4v) is 5.08. The molecular formula is C25H23N5O9S. The molecule has 4 aromatic rings. The minimum atomic E-state index is -3.57. The number of hydrogen-bond acceptors (Lipinski definition) is 11. The Hall–Kier alpha value is -4.68. The molecule has 1 fully saturated rings. The van der Waals surface area contributed by atoms with E-state index in [4.69, 9.17) is 18.1 Å². The molecular weight excluding hydrogens is 546 g/mol. The lowest BCUT2D eigenvalue weighted by Gasteiger charge is -2.42. The highest BCUT2D eigenvalue weighted by atomic mass is 32.2. The highest BCUT2D eigenvalue weighted by Gasteiger charge is 2.58. The number of rotatable bonds is 6. The first-order valence-electron chi connectivity index (χ1n) is 11.9. The van der Waals surface area contributed by atoms with Crippen molar-refractivity contribution in [2.45, 2.75) is 32.3 Å². The summed E-state index contributed by atoms with van der Waals surface area (Å²) in [6.45, 7) is 4.61. The summed E-state index contributed by atoms with van der Waals surface area (Å²) in [5, 5.41) is 16.1. The van der Waals surface area contributed by atoms with Crippen molar-refractivity contribution >= 4 is 39.2 Å². The molecule has 14 nitrogen and oxygen atoms in total. The Morgan fingerprint density at radius 3 is 2.50 bits per heavy atom. The maximum Gasteiger partial charge on any atom is 0.412 e. The van der Waals surface area contributed by atoms with Gasteiger partial charge in [-0.2, -0.15) is 14.3 Å². The second kappa shape index (κ2) is 9.81. The number of anilines is 1. The van der Waals surface area contributed by atoms with E-state index in [1.807, 2.05) is 31.2 Å². The molecule has 0 radical (unpaired) electrons. The van der Waals surface area contributed by atoms with Crippen LogP contribution in [0.1, 0.15) is 47.4 Å². The molecule has 40 heavy (non-hydrogen) atoms. The van der Waals surface area contributed by atoms with Crippen LogP contribution in [0.25, 0.3) is 11.4 Å². The highest BCUT2D eigenvalue weighted by Crippen LogP contribution is 2.37. The molecule has 15 heteroatoms. The van der Waals surface area contributed by atoms with Crippen molar-refractivity contribution in [1.29, 1.82) is 0 Å². The third kappa shape index (κ3) is 4.90. The molecule has 0 saturated carbocycles. The van der Waals surface area contributed by atoms with Gasteiger partial charge >= 0.3 is 12.1 Å². The molecule has 1 saturated heterocycles. The largest absolute Gasteiger partial charge is 0.480 e. The van der Waals surface area contributed by atoms with Crippen LogP contribution in [-0.4, -0.2) is 64.4 Å². The van der Waals surface area contributed by atoms with Gasteiger partial charge in [0.05, 0.1) is 6.26 Å². The fourth-order valence-electron chi connectivity index (χ4n) is 4.17. The minimum Gasteiger partial charge on any atom is -0.480 e. The van der Waals surface area contributed by atoms with Gasteiger partial charge < -0.3 is 23.2 Å². The number of aromatic nitrogens is 3. The number of oxazole rings is 2. The zero-order valence-corrected chi connectivity index (χ0v) is 22.5. The van der Waals surface area contributed by atoms with E-state index in [9.17, 15) is 23.1 Å². The van der Waals surface area contributed by atoms with Crippen LogP contribution < -0.4 is 5.32 Å².